The molecule has 1 aliphatic heterocycles. The van der Waals surface area contributed by atoms with E-state index < -0.39 is 0 Å². The van der Waals surface area contributed by atoms with Crippen LogP contribution in [0.25, 0.3) is 0 Å². The summed E-state index contributed by atoms with van der Waals surface area (Å²) in [4.78, 5) is 14.4. The van der Waals surface area contributed by atoms with E-state index in [4.69, 9.17) is 0 Å². The molecule has 0 aromatic rings. The molecule has 1 heterocycles. The van der Waals surface area contributed by atoms with Gasteiger partial charge in [0.05, 0.1) is 4.83 Å². The number of carbonyl (C=O) groups excluding carboxylic acids is 1. The van der Waals surface area contributed by atoms with Gasteiger partial charge in [-0.25, -0.2) is 0 Å². The fourth-order valence-electron chi connectivity index (χ4n) is 2.45. The largest absolute Gasteiger partial charge is 0.338 e. The van der Waals surface area contributed by atoms with Crippen LogP contribution in [0.15, 0.2) is 0 Å². The normalized spacial score (nSPS) is 32.9. The number of halogens is 1. The Morgan fingerprint density at radius 2 is 1.88 bits per heavy atom. The molecule has 0 bridgehead atoms. The van der Waals surface area contributed by atoms with Crippen molar-refractivity contribution >= 4 is 21.8 Å². The van der Waals surface area contributed by atoms with Crippen molar-refractivity contribution in [2.75, 3.05) is 6.54 Å². The highest BCUT2D eigenvalue weighted by atomic mass is 79.9. The number of amides is 1. The zero-order valence-corrected chi connectivity index (χ0v) is 12.6. The summed E-state index contributed by atoms with van der Waals surface area (Å²) < 4.78 is 0. The molecule has 0 N–H and O–H groups in total. The number of hydrogen-bond donors (Lipinski definition) is 0. The van der Waals surface area contributed by atoms with E-state index in [9.17, 15) is 4.79 Å². The zero-order chi connectivity index (χ0) is 12.5. The van der Waals surface area contributed by atoms with Gasteiger partial charge in [0.2, 0.25) is 5.91 Å². The predicted octanol–water partition coefficient (Wildman–Crippen LogP) is 3.30. The standard InChI is InChI=1S/C13H24BrNO/c1-8(2)12(14)13(16)15-7-9(3)6-10(4)11(15)5/h8-12H,6-7H2,1-5H3. The first-order valence-electron chi connectivity index (χ1n) is 6.29. The van der Waals surface area contributed by atoms with Crippen molar-refractivity contribution in [3.05, 3.63) is 0 Å². The van der Waals surface area contributed by atoms with E-state index in [0.29, 0.717) is 23.8 Å². The highest BCUT2D eigenvalue weighted by Gasteiger charge is 2.34. The first-order valence-corrected chi connectivity index (χ1v) is 7.20. The molecule has 4 atom stereocenters. The van der Waals surface area contributed by atoms with Crippen LogP contribution in [0.1, 0.15) is 41.0 Å². The van der Waals surface area contributed by atoms with Gasteiger partial charge in [0.25, 0.3) is 0 Å². The Kier molecular flexibility index (Phi) is 4.84. The van der Waals surface area contributed by atoms with E-state index >= 15 is 0 Å². The second kappa shape index (κ2) is 5.52. The maximum Gasteiger partial charge on any atom is 0.236 e. The van der Waals surface area contributed by atoms with Gasteiger partial charge in [0, 0.05) is 12.6 Å². The van der Waals surface area contributed by atoms with Crippen molar-refractivity contribution in [2.24, 2.45) is 17.8 Å². The van der Waals surface area contributed by atoms with Gasteiger partial charge in [-0.3, -0.25) is 4.79 Å². The molecule has 1 rings (SSSR count). The van der Waals surface area contributed by atoms with Crippen LogP contribution in [0, 0.1) is 17.8 Å². The fourth-order valence-corrected chi connectivity index (χ4v) is 2.71. The molecule has 0 aromatic carbocycles. The lowest BCUT2D eigenvalue weighted by atomic mass is 9.85. The Balaban J connectivity index is 2.74. The Labute approximate surface area is 108 Å². The first kappa shape index (κ1) is 14.0. The van der Waals surface area contributed by atoms with E-state index in [0.717, 1.165) is 6.54 Å². The summed E-state index contributed by atoms with van der Waals surface area (Å²) in [5.74, 6) is 1.86. The smallest absolute Gasteiger partial charge is 0.236 e. The van der Waals surface area contributed by atoms with Crippen LogP contribution in [-0.4, -0.2) is 28.2 Å². The first-order chi connectivity index (χ1) is 7.34. The van der Waals surface area contributed by atoms with Gasteiger partial charge in [-0.1, -0.05) is 43.6 Å². The van der Waals surface area contributed by atoms with Crippen LogP contribution in [0.5, 0.6) is 0 Å². The average Bonchev–Trinajstić information content (AvgIpc) is 2.21. The van der Waals surface area contributed by atoms with Gasteiger partial charge in [-0.05, 0) is 31.1 Å². The second-order valence-electron chi connectivity index (χ2n) is 5.70. The van der Waals surface area contributed by atoms with E-state index in [1.54, 1.807) is 0 Å². The summed E-state index contributed by atoms with van der Waals surface area (Å²) in [6.45, 7) is 11.7. The summed E-state index contributed by atoms with van der Waals surface area (Å²) in [5, 5.41) is 0. The number of carbonyl (C=O) groups is 1. The van der Waals surface area contributed by atoms with Crippen molar-refractivity contribution in [1.82, 2.24) is 4.90 Å². The van der Waals surface area contributed by atoms with Crippen LogP contribution in [0.2, 0.25) is 0 Å². The van der Waals surface area contributed by atoms with Gasteiger partial charge < -0.3 is 4.90 Å². The van der Waals surface area contributed by atoms with Gasteiger partial charge >= 0.3 is 0 Å². The Morgan fingerprint density at radius 3 is 2.38 bits per heavy atom. The Bertz CT molecular complexity index is 254. The van der Waals surface area contributed by atoms with Crippen molar-refractivity contribution in [3.63, 3.8) is 0 Å². The number of alkyl halides is 1. The fraction of sp³-hybridized carbons (Fsp3) is 0.923. The van der Waals surface area contributed by atoms with Gasteiger partial charge in [0.15, 0.2) is 0 Å². The molecule has 0 aliphatic carbocycles. The molecule has 1 fully saturated rings. The molecule has 1 saturated heterocycles. The van der Waals surface area contributed by atoms with Crippen molar-refractivity contribution < 1.29 is 4.79 Å². The van der Waals surface area contributed by atoms with Crippen LogP contribution in [-0.2, 0) is 4.79 Å². The van der Waals surface area contributed by atoms with Gasteiger partial charge in [-0.15, -0.1) is 0 Å². The molecular formula is C13H24BrNO. The lowest BCUT2D eigenvalue weighted by Crippen LogP contribution is -2.51. The molecule has 4 unspecified atom stereocenters. The summed E-state index contributed by atoms with van der Waals surface area (Å²) in [7, 11) is 0. The molecular weight excluding hydrogens is 266 g/mol. The third-order valence-electron chi connectivity index (χ3n) is 3.70. The maximum atomic E-state index is 12.3. The molecule has 0 spiro atoms. The minimum Gasteiger partial charge on any atom is -0.338 e. The Morgan fingerprint density at radius 1 is 1.31 bits per heavy atom. The summed E-state index contributed by atoms with van der Waals surface area (Å²) in [6, 6.07) is 0.377. The minimum atomic E-state index is -0.0348. The molecule has 1 amide bonds. The quantitative estimate of drug-likeness (QED) is 0.715. The molecule has 94 valence electrons. The summed E-state index contributed by atoms with van der Waals surface area (Å²) >= 11 is 3.52. The topological polar surface area (TPSA) is 20.3 Å². The monoisotopic (exact) mass is 289 g/mol. The molecule has 0 saturated carbocycles. The van der Waals surface area contributed by atoms with Crippen LogP contribution in [0.3, 0.4) is 0 Å². The molecule has 1 aliphatic rings. The van der Waals surface area contributed by atoms with E-state index in [1.807, 2.05) is 0 Å². The summed E-state index contributed by atoms with van der Waals surface area (Å²) in [6.07, 6.45) is 1.24. The van der Waals surface area contributed by atoms with E-state index in [-0.39, 0.29) is 10.7 Å². The average molecular weight is 290 g/mol. The highest BCUT2D eigenvalue weighted by Crippen LogP contribution is 2.29. The SMILES string of the molecule is CC1CC(C)C(C)N(C(=O)C(Br)C(C)C)C1. The molecule has 0 radical (unpaired) electrons. The minimum absolute atomic E-state index is 0.0348. The van der Waals surface area contributed by atoms with Crippen molar-refractivity contribution in [2.45, 2.75) is 51.9 Å². The number of hydrogen-bond acceptors (Lipinski definition) is 1. The van der Waals surface area contributed by atoms with E-state index in [2.05, 4.69) is 55.4 Å². The third kappa shape index (κ3) is 2.99. The maximum absolute atomic E-state index is 12.3. The van der Waals surface area contributed by atoms with Crippen molar-refractivity contribution in [3.8, 4) is 0 Å². The predicted molar refractivity (Wildman–Crippen MR) is 71.7 cm³/mol. The molecule has 3 heteroatoms. The lowest BCUT2D eigenvalue weighted by molar-refractivity contribution is -0.137. The van der Waals surface area contributed by atoms with E-state index in [1.165, 1.54) is 6.42 Å². The lowest BCUT2D eigenvalue weighted by Gasteiger charge is -2.42. The van der Waals surface area contributed by atoms with Gasteiger partial charge in [-0.2, -0.15) is 0 Å². The number of nitrogens with zero attached hydrogens (tertiary/aromatic N) is 1. The Hall–Kier alpha value is -0.0500. The summed E-state index contributed by atoms with van der Waals surface area (Å²) in [5.41, 5.74) is 0. The number of rotatable bonds is 2. The second-order valence-corrected chi connectivity index (χ2v) is 6.68. The third-order valence-corrected chi connectivity index (χ3v) is 5.15. The number of piperidine rings is 1. The van der Waals surface area contributed by atoms with Gasteiger partial charge in [0.1, 0.15) is 0 Å². The number of likely N-dealkylation sites (tertiary alicyclic amines) is 1. The van der Waals surface area contributed by atoms with Crippen LogP contribution < -0.4 is 0 Å². The van der Waals surface area contributed by atoms with Crippen molar-refractivity contribution in [1.29, 1.82) is 0 Å². The highest BCUT2D eigenvalue weighted by molar-refractivity contribution is 9.10. The zero-order valence-electron chi connectivity index (χ0n) is 11.0. The molecule has 2 nitrogen and oxygen atoms in total. The molecule has 16 heavy (non-hydrogen) atoms. The van der Waals surface area contributed by atoms with Crippen LogP contribution >= 0.6 is 15.9 Å². The van der Waals surface area contributed by atoms with Crippen LogP contribution in [0.4, 0.5) is 0 Å². The molecule has 0 aromatic heterocycles.